The molecule has 0 aromatic carbocycles. The molecule has 3 N–H and O–H groups in total. The van der Waals surface area contributed by atoms with Crippen molar-refractivity contribution in [1.82, 2.24) is 15.2 Å². The second-order valence-electron chi connectivity index (χ2n) is 4.37. The molecule has 2 atom stereocenters. The van der Waals surface area contributed by atoms with Gasteiger partial charge in [0.05, 0.1) is 0 Å². The van der Waals surface area contributed by atoms with Crippen LogP contribution in [0.25, 0.3) is 0 Å². The topological polar surface area (TPSA) is 70.8 Å². The minimum Gasteiger partial charge on any atom is -0.368 e. The zero-order chi connectivity index (χ0) is 10.1. The Morgan fingerprint density at radius 1 is 1.36 bits per heavy atom. The largest absolute Gasteiger partial charge is 0.368 e. The molecule has 0 amide bonds. The van der Waals surface area contributed by atoms with Gasteiger partial charge in [-0.3, -0.25) is 0 Å². The molecule has 1 aromatic rings. The second-order valence-corrected chi connectivity index (χ2v) is 4.37. The van der Waals surface area contributed by atoms with Gasteiger partial charge in [0.1, 0.15) is 0 Å². The molecule has 78 valence electrons. The van der Waals surface area contributed by atoms with Crippen LogP contribution in [-0.2, 0) is 0 Å². The lowest BCUT2D eigenvalue weighted by molar-refractivity contribution is 0.354. The number of hydrogen-bond donors (Lipinski definition) is 2. The highest BCUT2D eigenvalue weighted by Crippen LogP contribution is 2.23. The van der Waals surface area contributed by atoms with Gasteiger partial charge in [-0.05, 0) is 18.3 Å². The van der Waals surface area contributed by atoms with Crippen LogP contribution in [-0.4, -0.2) is 28.3 Å². The first-order chi connectivity index (χ1) is 6.65. The van der Waals surface area contributed by atoms with Gasteiger partial charge in [-0.2, -0.15) is 4.98 Å². The molecule has 1 aliphatic heterocycles. The van der Waals surface area contributed by atoms with Crippen LogP contribution in [0.5, 0.6) is 0 Å². The number of rotatable bonds is 1. The fraction of sp³-hybridized carbons (Fsp3) is 0.778. The third-order valence-electron chi connectivity index (χ3n) is 2.64. The van der Waals surface area contributed by atoms with Crippen LogP contribution in [0.1, 0.15) is 20.3 Å². The van der Waals surface area contributed by atoms with Crippen LogP contribution in [0.15, 0.2) is 0 Å². The average Bonchev–Trinajstić information content (AvgIpc) is 2.50. The standard InChI is InChI=1S/C9H17N5/c1-6-3-7(2)5-14(4-6)9-11-8(10)12-13-9/h6-7H,3-5H2,1-2H3,(H3,10,11,12,13). The third kappa shape index (κ3) is 1.81. The summed E-state index contributed by atoms with van der Waals surface area (Å²) in [6, 6.07) is 0. The van der Waals surface area contributed by atoms with Gasteiger partial charge in [-0.1, -0.05) is 13.8 Å². The maximum atomic E-state index is 5.50. The molecule has 1 aromatic heterocycles. The monoisotopic (exact) mass is 195 g/mol. The Hall–Kier alpha value is -1.26. The van der Waals surface area contributed by atoms with Crippen molar-refractivity contribution in [3.8, 4) is 0 Å². The number of nitrogens with zero attached hydrogens (tertiary/aromatic N) is 3. The highest BCUT2D eigenvalue weighted by Gasteiger charge is 2.23. The first kappa shape index (κ1) is 9.30. The molecule has 2 rings (SSSR count). The summed E-state index contributed by atoms with van der Waals surface area (Å²) in [6.45, 7) is 6.58. The molecule has 0 radical (unpaired) electrons. The Kier molecular flexibility index (Phi) is 2.31. The molecule has 0 aliphatic carbocycles. The minimum atomic E-state index is 0.394. The summed E-state index contributed by atoms with van der Waals surface area (Å²) in [5.74, 6) is 2.55. The first-order valence-electron chi connectivity index (χ1n) is 5.08. The van der Waals surface area contributed by atoms with Crippen LogP contribution in [0, 0.1) is 11.8 Å². The molecule has 2 unspecified atom stereocenters. The lowest BCUT2D eigenvalue weighted by Gasteiger charge is -2.34. The summed E-state index contributed by atoms with van der Waals surface area (Å²) in [5.41, 5.74) is 5.50. The lowest BCUT2D eigenvalue weighted by atomic mass is 9.92. The minimum absolute atomic E-state index is 0.394. The van der Waals surface area contributed by atoms with E-state index in [1.165, 1.54) is 6.42 Å². The van der Waals surface area contributed by atoms with Crippen molar-refractivity contribution >= 4 is 11.9 Å². The van der Waals surface area contributed by atoms with E-state index in [0.717, 1.165) is 19.0 Å². The molecular formula is C9H17N5. The number of anilines is 2. The number of nitrogens with two attached hydrogens (primary N) is 1. The van der Waals surface area contributed by atoms with Gasteiger partial charge < -0.3 is 10.6 Å². The molecule has 1 aliphatic rings. The SMILES string of the molecule is CC1CC(C)CN(c2n[nH]c(N)n2)C1. The Morgan fingerprint density at radius 3 is 2.50 bits per heavy atom. The van der Waals surface area contributed by atoms with Crippen molar-refractivity contribution in [2.75, 3.05) is 23.7 Å². The third-order valence-corrected chi connectivity index (χ3v) is 2.64. The smallest absolute Gasteiger partial charge is 0.246 e. The predicted octanol–water partition coefficient (Wildman–Crippen LogP) is 0.869. The van der Waals surface area contributed by atoms with Gasteiger partial charge in [0.15, 0.2) is 0 Å². The normalized spacial score (nSPS) is 28.0. The van der Waals surface area contributed by atoms with Crippen LogP contribution in [0.3, 0.4) is 0 Å². The van der Waals surface area contributed by atoms with E-state index in [9.17, 15) is 0 Å². The Labute approximate surface area is 83.7 Å². The van der Waals surface area contributed by atoms with E-state index in [0.29, 0.717) is 17.8 Å². The molecule has 0 spiro atoms. The van der Waals surface area contributed by atoms with Crippen molar-refractivity contribution < 1.29 is 0 Å². The summed E-state index contributed by atoms with van der Waals surface area (Å²) in [6.07, 6.45) is 1.29. The van der Waals surface area contributed by atoms with Crippen LogP contribution in [0.4, 0.5) is 11.9 Å². The van der Waals surface area contributed by atoms with E-state index in [2.05, 4.69) is 33.9 Å². The quantitative estimate of drug-likeness (QED) is 0.697. The molecule has 14 heavy (non-hydrogen) atoms. The second kappa shape index (κ2) is 3.48. The van der Waals surface area contributed by atoms with Gasteiger partial charge in [0.25, 0.3) is 0 Å². The van der Waals surface area contributed by atoms with E-state index in [1.807, 2.05) is 0 Å². The Balaban J connectivity index is 2.10. The predicted molar refractivity (Wildman–Crippen MR) is 56.0 cm³/mol. The molecule has 1 saturated heterocycles. The van der Waals surface area contributed by atoms with E-state index >= 15 is 0 Å². The number of H-pyrrole nitrogens is 1. The fourth-order valence-electron chi connectivity index (χ4n) is 2.23. The number of piperidine rings is 1. The molecule has 5 heteroatoms. The zero-order valence-corrected chi connectivity index (χ0v) is 8.70. The summed E-state index contributed by atoms with van der Waals surface area (Å²) >= 11 is 0. The number of hydrogen-bond acceptors (Lipinski definition) is 4. The van der Waals surface area contributed by atoms with Crippen molar-refractivity contribution in [1.29, 1.82) is 0 Å². The van der Waals surface area contributed by atoms with Gasteiger partial charge in [0.2, 0.25) is 11.9 Å². The zero-order valence-electron chi connectivity index (χ0n) is 8.70. The van der Waals surface area contributed by atoms with E-state index in [-0.39, 0.29) is 0 Å². The van der Waals surface area contributed by atoms with Crippen LogP contribution < -0.4 is 10.6 Å². The number of nitrogens with one attached hydrogen (secondary N) is 1. The van der Waals surface area contributed by atoms with Crippen LogP contribution >= 0.6 is 0 Å². The van der Waals surface area contributed by atoms with Crippen molar-refractivity contribution in [3.63, 3.8) is 0 Å². The van der Waals surface area contributed by atoms with Crippen molar-refractivity contribution in [2.24, 2.45) is 11.8 Å². The number of aromatic amines is 1. The van der Waals surface area contributed by atoms with Gasteiger partial charge >= 0.3 is 0 Å². The average molecular weight is 195 g/mol. The van der Waals surface area contributed by atoms with E-state index in [1.54, 1.807) is 0 Å². The molecule has 0 bridgehead atoms. The fourth-order valence-corrected chi connectivity index (χ4v) is 2.23. The molecule has 5 nitrogen and oxygen atoms in total. The molecule has 1 fully saturated rings. The number of aromatic nitrogens is 3. The van der Waals surface area contributed by atoms with Gasteiger partial charge in [0, 0.05) is 13.1 Å². The summed E-state index contributed by atoms with van der Waals surface area (Å²) in [7, 11) is 0. The van der Waals surface area contributed by atoms with Crippen molar-refractivity contribution in [3.05, 3.63) is 0 Å². The van der Waals surface area contributed by atoms with E-state index in [4.69, 9.17) is 5.73 Å². The number of nitrogen functional groups attached to an aromatic ring is 1. The molecule has 0 saturated carbocycles. The highest BCUT2D eigenvalue weighted by molar-refractivity contribution is 5.34. The van der Waals surface area contributed by atoms with Gasteiger partial charge in [-0.25, -0.2) is 5.10 Å². The molecule has 2 heterocycles. The Bertz CT molecular complexity index is 298. The Morgan fingerprint density at radius 2 is 2.00 bits per heavy atom. The van der Waals surface area contributed by atoms with Crippen LogP contribution in [0.2, 0.25) is 0 Å². The first-order valence-corrected chi connectivity index (χ1v) is 5.08. The summed E-state index contributed by atoms with van der Waals surface area (Å²) < 4.78 is 0. The van der Waals surface area contributed by atoms with Crippen molar-refractivity contribution in [2.45, 2.75) is 20.3 Å². The summed E-state index contributed by atoms with van der Waals surface area (Å²) in [4.78, 5) is 6.34. The maximum Gasteiger partial charge on any atom is 0.246 e. The lowest BCUT2D eigenvalue weighted by Crippen LogP contribution is -2.39. The maximum absolute atomic E-state index is 5.50. The van der Waals surface area contributed by atoms with E-state index < -0.39 is 0 Å². The van der Waals surface area contributed by atoms with Gasteiger partial charge in [-0.15, -0.1) is 5.10 Å². The highest BCUT2D eigenvalue weighted by atomic mass is 15.4. The summed E-state index contributed by atoms with van der Waals surface area (Å²) in [5, 5.41) is 6.74. The molecular weight excluding hydrogens is 178 g/mol.